The molecule has 3 rings (SSSR count). The van der Waals surface area contributed by atoms with Gasteiger partial charge in [0, 0.05) is 6.54 Å². The van der Waals surface area contributed by atoms with Gasteiger partial charge < -0.3 is 24.7 Å². The van der Waals surface area contributed by atoms with Crippen molar-refractivity contribution < 1.29 is 24.5 Å². The SMILES string of the molecule is COc1cc(C2C(C(=O)/C=C/c3ccccc3)=C(O)C(=O)N2CCCN(C)C)cc(Br)c1O. The molecule has 0 spiro atoms. The summed E-state index contributed by atoms with van der Waals surface area (Å²) in [7, 11) is 5.29. The highest BCUT2D eigenvalue weighted by Crippen LogP contribution is 2.43. The molecule has 0 aromatic heterocycles. The molecular weight excluding hydrogens is 488 g/mol. The Hall–Kier alpha value is -3.10. The molecule has 0 radical (unpaired) electrons. The molecule has 0 aliphatic carbocycles. The highest BCUT2D eigenvalue weighted by Gasteiger charge is 2.43. The number of carbonyl (C=O) groups is 2. The van der Waals surface area contributed by atoms with Crippen molar-refractivity contribution in [3.05, 3.63) is 75.5 Å². The topological polar surface area (TPSA) is 90.3 Å². The summed E-state index contributed by atoms with van der Waals surface area (Å²) >= 11 is 3.31. The molecule has 7 nitrogen and oxygen atoms in total. The zero-order valence-electron chi connectivity index (χ0n) is 18.8. The first kappa shape index (κ1) is 24.5. The number of aliphatic hydroxyl groups is 1. The van der Waals surface area contributed by atoms with Crippen LogP contribution in [0.25, 0.3) is 6.08 Å². The second-order valence-electron chi connectivity index (χ2n) is 7.98. The quantitative estimate of drug-likeness (QED) is 0.489. The summed E-state index contributed by atoms with van der Waals surface area (Å²) in [5.41, 5.74) is 1.36. The lowest BCUT2D eigenvalue weighted by molar-refractivity contribution is -0.129. The number of nitrogens with zero attached hydrogens (tertiary/aromatic N) is 2. The van der Waals surface area contributed by atoms with E-state index in [0.717, 1.165) is 12.1 Å². The van der Waals surface area contributed by atoms with Crippen LogP contribution < -0.4 is 4.74 Å². The third-order valence-electron chi connectivity index (χ3n) is 5.39. The molecule has 0 fully saturated rings. The molecule has 33 heavy (non-hydrogen) atoms. The third-order valence-corrected chi connectivity index (χ3v) is 5.99. The predicted octanol–water partition coefficient (Wildman–Crippen LogP) is 4.09. The predicted molar refractivity (Wildman–Crippen MR) is 130 cm³/mol. The highest BCUT2D eigenvalue weighted by molar-refractivity contribution is 9.10. The lowest BCUT2D eigenvalue weighted by Gasteiger charge is -2.27. The lowest BCUT2D eigenvalue weighted by atomic mass is 9.95. The fraction of sp³-hybridized carbons (Fsp3) is 0.280. The number of benzene rings is 2. The number of carbonyl (C=O) groups excluding carboxylic acids is 2. The van der Waals surface area contributed by atoms with Crippen LogP contribution in [0, 0.1) is 0 Å². The van der Waals surface area contributed by atoms with E-state index in [1.165, 1.54) is 18.1 Å². The molecule has 1 aliphatic rings. The summed E-state index contributed by atoms with van der Waals surface area (Å²) in [6.45, 7) is 1.07. The molecular formula is C25H27BrN2O5. The molecule has 0 saturated heterocycles. The molecule has 174 valence electrons. The molecule has 1 heterocycles. The zero-order valence-corrected chi connectivity index (χ0v) is 20.4. The zero-order chi connectivity index (χ0) is 24.1. The first-order chi connectivity index (χ1) is 15.7. The third kappa shape index (κ3) is 5.46. The van der Waals surface area contributed by atoms with Gasteiger partial charge in [0.1, 0.15) is 0 Å². The summed E-state index contributed by atoms with van der Waals surface area (Å²) < 4.78 is 5.62. The number of rotatable bonds is 9. The molecule has 2 aromatic rings. The maximum Gasteiger partial charge on any atom is 0.290 e. The molecule has 1 atom stereocenters. The first-order valence-corrected chi connectivity index (χ1v) is 11.3. The van der Waals surface area contributed by atoms with Crippen LogP contribution in [0.3, 0.4) is 0 Å². The van der Waals surface area contributed by atoms with Crippen LogP contribution in [0.15, 0.2) is 64.3 Å². The number of ether oxygens (including phenoxy) is 1. The minimum Gasteiger partial charge on any atom is -0.503 e. The van der Waals surface area contributed by atoms with Gasteiger partial charge in [0.15, 0.2) is 23.0 Å². The van der Waals surface area contributed by atoms with Crippen LogP contribution in [-0.4, -0.2) is 66.0 Å². The lowest BCUT2D eigenvalue weighted by Crippen LogP contribution is -2.33. The van der Waals surface area contributed by atoms with Crippen molar-refractivity contribution in [2.45, 2.75) is 12.5 Å². The molecule has 0 bridgehead atoms. The Bertz CT molecular complexity index is 1100. The van der Waals surface area contributed by atoms with Gasteiger partial charge >= 0.3 is 0 Å². The van der Waals surface area contributed by atoms with Gasteiger partial charge in [0.2, 0.25) is 0 Å². The van der Waals surface area contributed by atoms with Gasteiger partial charge in [-0.3, -0.25) is 9.59 Å². The normalized spacial score (nSPS) is 16.3. The average molecular weight is 515 g/mol. The number of hydrogen-bond acceptors (Lipinski definition) is 6. The van der Waals surface area contributed by atoms with E-state index in [1.807, 2.05) is 49.3 Å². The summed E-state index contributed by atoms with van der Waals surface area (Å²) in [4.78, 5) is 29.7. The van der Waals surface area contributed by atoms with Gasteiger partial charge in [-0.1, -0.05) is 36.4 Å². The van der Waals surface area contributed by atoms with Crippen molar-refractivity contribution in [2.24, 2.45) is 0 Å². The van der Waals surface area contributed by atoms with E-state index in [1.54, 1.807) is 18.2 Å². The summed E-state index contributed by atoms with van der Waals surface area (Å²) in [6.07, 6.45) is 3.66. The van der Waals surface area contributed by atoms with Gasteiger partial charge in [0.25, 0.3) is 5.91 Å². The van der Waals surface area contributed by atoms with Crippen molar-refractivity contribution in [1.29, 1.82) is 0 Å². The second-order valence-corrected chi connectivity index (χ2v) is 8.84. The Morgan fingerprint density at radius 2 is 1.91 bits per heavy atom. The fourth-order valence-electron chi connectivity index (χ4n) is 3.77. The Morgan fingerprint density at radius 1 is 1.21 bits per heavy atom. The van der Waals surface area contributed by atoms with Crippen molar-refractivity contribution >= 4 is 33.7 Å². The molecule has 1 amide bonds. The van der Waals surface area contributed by atoms with Crippen LogP contribution >= 0.6 is 15.9 Å². The van der Waals surface area contributed by atoms with Gasteiger partial charge in [0.05, 0.1) is 23.2 Å². The Kier molecular flexibility index (Phi) is 7.94. The average Bonchev–Trinajstić information content (AvgIpc) is 3.04. The number of methoxy groups -OCH3 is 1. The Labute approximate surface area is 201 Å². The molecule has 1 aliphatic heterocycles. The number of phenolic OH excluding ortho intramolecular Hbond substituents is 1. The Balaban J connectivity index is 2.03. The van der Waals surface area contributed by atoms with Crippen molar-refractivity contribution in [2.75, 3.05) is 34.3 Å². The summed E-state index contributed by atoms with van der Waals surface area (Å²) in [6, 6.07) is 11.7. The monoisotopic (exact) mass is 514 g/mol. The van der Waals surface area contributed by atoms with Crippen LogP contribution in [0.2, 0.25) is 0 Å². The molecule has 2 aromatic carbocycles. The van der Waals surface area contributed by atoms with E-state index in [9.17, 15) is 19.8 Å². The van der Waals surface area contributed by atoms with Crippen molar-refractivity contribution in [3.8, 4) is 11.5 Å². The standard InChI is InChI=1S/C25H27BrN2O5/c1-27(2)12-7-13-28-22(17-14-18(26)23(30)20(15-17)33-3)21(24(31)25(28)32)19(29)11-10-16-8-5-4-6-9-16/h4-6,8-11,14-15,22,30-31H,7,12-13H2,1-3H3/b11-10+. The Morgan fingerprint density at radius 3 is 2.55 bits per heavy atom. The summed E-state index contributed by atoms with van der Waals surface area (Å²) in [5.74, 6) is -1.52. The number of aromatic hydroxyl groups is 1. The number of halogens is 1. The largest absolute Gasteiger partial charge is 0.503 e. The number of allylic oxidation sites excluding steroid dienone is 1. The minimum absolute atomic E-state index is 0.00308. The van der Waals surface area contributed by atoms with Crippen LogP contribution in [-0.2, 0) is 9.59 Å². The van der Waals surface area contributed by atoms with E-state index >= 15 is 0 Å². The number of ketones is 1. The summed E-state index contributed by atoms with van der Waals surface area (Å²) in [5, 5.41) is 20.9. The maximum atomic E-state index is 13.2. The fourth-order valence-corrected chi connectivity index (χ4v) is 4.23. The van der Waals surface area contributed by atoms with Gasteiger partial charge in [-0.15, -0.1) is 0 Å². The van der Waals surface area contributed by atoms with Gasteiger partial charge in [-0.05, 0) is 72.3 Å². The maximum absolute atomic E-state index is 13.2. The van der Waals surface area contributed by atoms with E-state index in [2.05, 4.69) is 15.9 Å². The van der Waals surface area contributed by atoms with E-state index in [4.69, 9.17) is 4.74 Å². The molecule has 2 N–H and O–H groups in total. The van der Waals surface area contributed by atoms with E-state index in [-0.39, 0.29) is 17.1 Å². The molecule has 8 heteroatoms. The molecule has 0 saturated carbocycles. The minimum atomic E-state index is -0.821. The van der Waals surface area contributed by atoms with E-state index < -0.39 is 23.5 Å². The number of amides is 1. The smallest absolute Gasteiger partial charge is 0.290 e. The van der Waals surface area contributed by atoms with Gasteiger partial charge in [-0.25, -0.2) is 0 Å². The van der Waals surface area contributed by atoms with Gasteiger partial charge in [-0.2, -0.15) is 0 Å². The van der Waals surface area contributed by atoms with E-state index in [0.29, 0.717) is 23.0 Å². The highest BCUT2D eigenvalue weighted by atomic mass is 79.9. The second kappa shape index (κ2) is 10.7. The number of aliphatic hydroxyl groups excluding tert-OH is 1. The number of phenols is 1. The van der Waals surface area contributed by atoms with Crippen molar-refractivity contribution in [3.63, 3.8) is 0 Å². The number of hydrogen-bond donors (Lipinski definition) is 2. The van der Waals surface area contributed by atoms with Crippen LogP contribution in [0.4, 0.5) is 0 Å². The van der Waals surface area contributed by atoms with Crippen LogP contribution in [0.5, 0.6) is 11.5 Å². The molecule has 1 unspecified atom stereocenters. The first-order valence-electron chi connectivity index (χ1n) is 10.5. The van der Waals surface area contributed by atoms with Crippen molar-refractivity contribution in [1.82, 2.24) is 9.80 Å². The van der Waals surface area contributed by atoms with Crippen LogP contribution in [0.1, 0.15) is 23.6 Å².